The maximum Gasteiger partial charge on any atom is 0.0736 e. The molecule has 0 aliphatic carbocycles. The van der Waals surface area contributed by atoms with Crippen molar-refractivity contribution in [3.05, 3.63) is 78.0 Å². The standard InChI is InChI=1S/C17H17NO2/c1-13(14-7-3-2-4-8-14)11-12-18-16-10-6-5-9-15(16)17(19)20/h2-13,18H,1H3,(H,19,20)/p-1/b12-11+. The lowest BCUT2D eigenvalue weighted by molar-refractivity contribution is -0.254. The lowest BCUT2D eigenvalue weighted by Crippen LogP contribution is -2.23. The maximum atomic E-state index is 11.0. The molecule has 0 aliphatic heterocycles. The highest BCUT2D eigenvalue weighted by atomic mass is 16.4. The van der Waals surface area contributed by atoms with Gasteiger partial charge >= 0.3 is 0 Å². The monoisotopic (exact) mass is 266 g/mol. The van der Waals surface area contributed by atoms with E-state index in [1.807, 2.05) is 24.3 Å². The van der Waals surface area contributed by atoms with Gasteiger partial charge in [-0.2, -0.15) is 0 Å². The van der Waals surface area contributed by atoms with Gasteiger partial charge in [-0.25, -0.2) is 0 Å². The Hall–Kier alpha value is -2.55. The fraction of sp³-hybridized carbons (Fsp3) is 0.118. The molecule has 0 aromatic heterocycles. The van der Waals surface area contributed by atoms with E-state index in [4.69, 9.17) is 0 Å². The van der Waals surface area contributed by atoms with Crippen LogP contribution in [0.2, 0.25) is 0 Å². The number of anilines is 1. The van der Waals surface area contributed by atoms with Crippen molar-refractivity contribution in [2.24, 2.45) is 0 Å². The van der Waals surface area contributed by atoms with Gasteiger partial charge in [-0.1, -0.05) is 61.5 Å². The van der Waals surface area contributed by atoms with Gasteiger partial charge in [0, 0.05) is 17.2 Å². The first kappa shape index (κ1) is 13.9. The lowest BCUT2D eigenvalue weighted by atomic mass is 10.0. The Kier molecular flexibility index (Phi) is 4.56. The van der Waals surface area contributed by atoms with Crippen LogP contribution in [0.25, 0.3) is 0 Å². The maximum absolute atomic E-state index is 11.0. The average Bonchev–Trinajstić information content (AvgIpc) is 2.48. The fourth-order valence-corrected chi connectivity index (χ4v) is 1.94. The first-order chi connectivity index (χ1) is 9.68. The van der Waals surface area contributed by atoms with E-state index >= 15 is 0 Å². The quantitative estimate of drug-likeness (QED) is 0.905. The molecule has 0 spiro atoms. The van der Waals surface area contributed by atoms with Crippen molar-refractivity contribution in [2.45, 2.75) is 12.8 Å². The summed E-state index contributed by atoms with van der Waals surface area (Å²) < 4.78 is 0. The van der Waals surface area contributed by atoms with Crippen LogP contribution in [0.1, 0.15) is 28.8 Å². The molecular weight excluding hydrogens is 250 g/mol. The lowest BCUT2D eigenvalue weighted by Gasteiger charge is -2.10. The Balaban J connectivity index is 2.05. The van der Waals surface area contributed by atoms with Crippen LogP contribution in [0.3, 0.4) is 0 Å². The molecule has 2 aromatic carbocycles. The summed E-state index contributed by atoms with van der Waals surface area (Å²) in [5.41, 5.74) is 1.90. The molecular formula is C17H16NO2-. The van der Waals surface area contributed by atoms with Crippen LogP contribution in [0.4, 0.5) is 5.69 Å². The minimum Gasteiger partial charge on any atom is -0.545 e. The third-order valence-corrected chi connectivity index (χ3v) is 3.10. The molecule has 0 saturated carbocycles. The first-order valence-electron chi connectivity index (χ1n) is 6.47. The summed E-state index contributed by atoms with van der Waals surface area (Å²) in [5.74, 6) is -0.934. The van der Waals surface area contributed by atoms with Crippen LogP contribution in [0.15, 0.2) is 66.9 Å². The van der Waals surface area contributed by atoms with E-state index in [0.29, 0.717) is 5.69 Å². The molecule has 0 heterocycles. The van der Waals surface area contributed by atoms with Crippen molar-refractivity contribution in [1.82, 2.24) is 0 Å². The molecule has 0 bridgehead atoms. The van der Waals surface area contributed by atoms with Crippen molar-refractivity contribution in [3.63, 3.8) is 0 Å². The number of carboxylic acid groups (broad SMARTS) is 1. The average molecular weight is 266 g/mol. The molecule has 0 amide bonds. The zero-order valence-corrected chi connectivity index (χ0v) is 11.2. The minimum absolute atomic E-state index is 0.157. The third-order valence-electron chi connectivity index (χ3n) is 3.10. The van der Waals surface area contributed by atoms with Gasteiger partial charge < -0.3 is 15.2 Å². The van der Waals surface area contributed by atoms with E-state index in [1.165, 1.54) is 11.6 Å². The molecule has 3 heteroatoms. The Bertz CT molecular complexity index is 605. The number of aromatic carboxylic acids is 1. The summed E-state index contributed by atoms with van der Waals surface area (Å²) in [6.45, 7) is 2.08. The fourth-order valence-electron chi connectivity index (χ4n) is 1.94. The number of para-hydroxylation sites is 1. The number of hydrogen-bond donors (Lipinski definition) is 1. The highest BCUT2D eigenvalue weighted by molar-refractivity contribution is 5.92. The van der Waals surface area contributed by atoms with E-state index in [2.05, 4.69) is 24.4 Å². The van der Waals surface area contributed by atoms with Gasteiger partial charge in [-0.05, 0) is 17.8 Å². The van der Waals surface area contributed by atoms with Crippen molar-refractivity contribution >= 4 is 11.7 Å². The molecule has 102 valence electrons. The van der Waals surface area contributed by atoms with Crippen LogP contribution >= 0.6 is 0 Å². The number of carbonyl (C=O) groups excluding carboxylic acids is 1. The number of nitrogens with one attached hydrogen (secondary N) is 1. The third kappa shape index (κ3) is 3.48. The van der Waals surface area contributed by atoms with E-state index in [9.17, 15) is 9.90 Å². The molecule has 0 fully saturated rings. The number of rotatable bonds is 5. The number of benzene rings is 2. The van der Waals surface area contributed by atoms with Gasteiger partial charge in [0.2, 0.25) is 0 Å². The Morgan fingerprint density at radius 2 is 1.75 bits per heavy atom. The molecule has 0 aliphatic rings. The number of hydrogen-bond acceptors (Lipinski definition) is 3. The Morgan fingerprint density at radius 3 is 2.45 bits per heavy atom. The highest BCUT2D eigenvalue weighted by Gasteiger charge is 2.01. The molecule has 2 aromatic rings. The smallest absolute Gasteiger partial charge is 0.0736 e. The van der Waals surface area contributed by atoms with Gasteiger partial charge in [-0.15, -0.1) is 0 Å². The Morgan fingerprint density at radius 1 is 1.10 bits per heavy atom. The summed E-state index contributed by atoms with van der Waals surface area (Å²) >= 11 is 0. The normalized spacial score (nSPS) is 12.2. The molecule has 2 rings (SSSR count). The molecule has 1 unspecified atom stereocenters. The van der Waals surface area contributed by atoms with Crippen LogP contribution in [0.5, 0.6) is 0 Å². The van der Waals surface area contributed by atoms with Crippen LogP contribution in [-0.4, -0.2) is 5.97 Å². The van der Waals surface area contributed by atoms with Crippen molar-refractivity contribution < 1.29 is 9.90 Å². The molecule has 3 nitrogen and oxygen atoms in total. The van der Waals surface area contributed by atoms with Crippen LogP contribution in [0, 0.1) is 0 Å². The molecule has 20 heavy (non-hydrogen) atoms. The number of carbonyl (C=O) groups is 1. The number of allylic oxidation sites excluding steroid dienone is 1. The molecule has 1 N–H and O–H groups in total. The summed E-state index contributed by atoms with van der Waals surface area (Å²) in [5, 5.41) is 14.0. The second kappa shape index (κ2) is 6.57. The molecule has 1 atom stereocenters. The van der Waals surface area contributed by atoms with Gasteiger partial charge in [0.15, 0.2) is 0 Å². The van der Waals surface area contributed by atoms with Crippen molar-refractivity contribution in [2.75, 3.05) is 5.32 Å². The summed E-state index contributed by atoms with van der Waals surface area (Å²) in [6.07, 6.45) is 3.75. The van der Waals surface area contributed by atoms with E-state index in [-0.39, 0.29) is 11.5 Å². The second-order valence-corrected chi connectivity index (χ2v) is 4.54. The van der Waals surface area contributed by atoms with E-state index < -0.39 is 5.97 Å². The number of carboxylic acids is 1. The largest absolute Gasteiger partial charge is 0.545 e. The highest BCUT2D eigenvalue weighted by Crippen LogP contribution is 2.17. The molecule has 0 radical (unpaired) electrons. The van der Waals surface area contributed by atoms with Crippen LogP contribution < -0.4 is 10.4 Å². The van der Waals surface area contributed by atoms with Gasteiger partial charge in [-0.3, -0.25) is 0 Å². The Labute approximate surface area is 118 Å². The minimum atomic E-state index is -1.18. The van der Waals surface area contributed by atoms with E-state index in [0.717, 1.165) is 0 Å². The summed E-state index contributed by atoms with van der Waals surface area (Å²) in [4.78, 5) is 11.0. The zero-order chi connectivity index (χ0) is 14.4. The topological polar surface area (TPSA) is 52.2 Å². The van der Waals surface area contributed by atoms with Crippen molar-refractivity contribution in [3.8, 4) is 0 Å². The molecule has 0 saturated heterocycles. The first-order valence-corrected chi connectivity index (χ1v) is 6.47. The summed E-state index contributed by atoms with van der Waals surface area (Å²) in [6, 6.07) is 16.8. The van der Waals surface area contributed by atoms with Crippen LogP contribution in [-0.2, 0) is 0 Å². The zero-order valence-electron chi connectivity index (χ0n) is 11.2. The van der Waals surface area contributed by atoms with Crippen molar-refractivity contribution in [1.29, 1.82) is 0 Å². The van der Waals surface area contributed by atoms with Gasteiger partial charge in [0.25, 0.3) is 0 Å². The SMILES string of the molecule is CC(/C=C/Nc1ccccc1C(=O)[O-])c1ccccc1. The predicted octanol–water partition coefficient (Wildman–Crippen LogP) is 2.78. The second-order valence-electron chi connectivity index (χ2n) is 4.54. The van der Waals surface area contributed by atoms with Gasteiger partial charge in [0.1, 0.15) is 0 Å². The predicted molar refractivity (Wildman–Crippen MR) is 78.4 cm³/mol. The van der Waals surface area contributed by atoms with Gasteiger partial charge in [0.05, 0.1) is 5.97 Å². The van der Waals surface area contributed by atoms with E-state index in [1.54, 1.807) is 24.4 Å². The summed E-state index contributed by atoms with van der Waals surface area (Å²) in [7, 11) is 0.